The summed E-state index contributed by atoms with van der Waals surface area (Å²) in [7, 11) is 1.57. The molecule has 0 aliphatic carbocycles. The number of halogens is 1. The number of fused-ring (bicyclic) bond motifs is 1. The number of hydrogen-bond donors (Lipinski definition) is 1. The molecular weight excluding hydrogens is 441 g/mol. The Balaban J connectivity index is 1.78. The van der Waals surface area contributed by atoms with E-state index < -0.39 is 5.69 Å². The first kappa shape index (κ1) is 23.4. The molecule has 1 atom stereocenters. The summed E-state index contributed by atoms with van der Waals surface area (Å²) >= 11 is 0. The van der Waals surface area contributed by atoms with Gasteiger partial charge in [-0.1, -0.05) is 30.3 Å². The molecule has 2 aromatic carbocycles. The molecule has 0 radical (unpaired) electrons. The van der Waals surface area contributed by atoms with Crippen LogP contribution in [0.4, 0.5) is 10.3 Å². The Morgan fingerprint density at radius 1 is 1.09 bits per heavy atom. The van der Waals surface area contributed by atoms with Gasteiger partial charge in [-0.15, -0.1) is 0 Å². The zero-order chi connectivity index (χ0) is 24.1. The molecule has 178 valence electrons. The van der Waals surface area contributed by atoms with Crippen LogP contribution in [0, 0.1) is 5.92 Å². The lowest BCUT2D eigenvalue weighted by Gasteiger charge is -2.18. The van der Waals surface area contributed by atoms with Crippen LogP contribution >= 0.6 is 0 Å². The number of aromatic nitrogens is 2. The molecule has 0 saturated carbocycles. The van der Waals surface area contributed by atoms with Crippen molar-refractivity contribution < 1.29 is 19.3 Å². The Kier molecular flexibility index (Phi) is 7.22. The number of benzene rings is 2. The first-order valence-electron chi connectivity index (χ1n) is 11.1. The summed E-state index contributed by atoms with van der Waals surface area (Å²) in [5.41, 5.74) is 0.647. The van der Waals surface area contributed by atoms with Gasteiger partial charge in [0.15, 0.2) is 11.6 Å². The third-order valence-corrected chi connectivity index (χ3v) is 5.92. The lowest BCUT2D eigenvalue weighted by Crippen LogP contribution is -2.41. The van der Waals surface area contributed by atoms with E-state index in [2.05, 4.69) is 9.93 Å². The van der Waals surface area contributed by atoms with E-state index in [4.69, 9.17) is 9.84 Å². The maximum atomic E-state index is 13.2. The van der Waals surface area contributed by atoms with Crippen LogP contribution in [0.5, 0.6) is 11.5 Å². The van der Waals surface area contributed by atoms with E-state index in [-0.39, 0.29) is 36.2 Å². The summed E-state index contributed by atoms with van der Waals surface area (Å²) in [5, 5.41) is 9.15. The summed E-state index contributed by atoms with van der Waals surface area (Å²) in [6.07, 6.45) is 1.94. The lowest BCUT2D eigenvalue weighted by atomic mass is 9.93. The number of rotatable bonds is 7. The average molecular weight is 467 g/mol. The van der Waals surface area contributed by atoms with Crippen LogP contribution in [-0.4, -0.2) is 26.7 Å². The van der Waals surface area contributed by atoms with Gasteiger partial charge in [-0.2, -0.15) is 4.99 Å². The zero-order valence-electron chi connectivity index (χ0n) is 18.8. The molecule has 3 aromatic rings. The fourth-order valence-corrected chi connectivity index (χ4v) is 4.12. The molecule has 1 aliphatic heterocycles. The maximum Gasteiger partial charge on any atom is 0.332 e. The van der Waals surface area contributed by atoms with E-state index in [0.29, 0.717) is 42.9 Å². The van der Waals surface area contributed by atoms with Crippen molar-refractivity contribution in [1.29, 1.82) is 0 Å². The average Bonchev–Trinajstić information content (AvgIpc) is 3.04. The summed E-state index contributed by atoms with van der Waals surface area (Å²) in [6, 6.07) is 15.9. The van der Waals surface area contributed by atoms with Gasteiger partial charge in [0, 0.05) is 30.6 Å². The number of aliphatic imine (C=N–C) groups is 1. The number of hydrogen-bond acceptors (Lipinski definition) is 6. The van der Waals surface area contributed by atoms with Crippen LogP contribution in [0.2, 0.25) is 0 Å². The molecule has 1 N–H and O–H groups in total. The molecule has 0 saturated heterocycles. The number of nitrogens with zero attached hydrogens (tertiary/aromatic N) is 3. The highest BCUT2D eigenvalue weighted by atomic mass is 19.3. The Morgan fingerprint density at radius 2 is 1.79 bits per heavy atom. The van der Waals surface area contributed by atoms with Gasteiger partial charge in [-0.25, -0.2) is 4.79 Å². The van der Waals surface area contributed by atoms with Crippen molar-refractivity contribution in [2.75, 3.05) is 6.61 Å². The van der Waals surface area contributed by atoms with Crippen LogP contribution in [0.3, 0.4) is 0 Å². The molecule has 2 heterocycles. The van der Waals surface area contributed by atoms with Gasteiger partial charge in [0.05, 0.1) is 5.56 Å². The molecule has 1 aliphatic rings. The highest BCUT2D eigenvalue weighted by molar-refractivity contribution is 5.84. The first-order chi connectivity index (χ1) is 16.5. The molecule has 4 rings (SSSR count). The normalized spacial score (nSPS) is 15.3. The van der Waals surface area contributed by atoms with Gasteiger partial charge in [0.1, 0.15) is 11.6 Å². The number of ether oxygens (including phenoxy) is 1. The fraction of sp³-hybridized carbons (Fsp3) is 0.320. The summed E-state index contributed by atoms with van der Waals surface area (Å²) in [5.74, 6) is 0.963. The number of aliphatic hydroxyl groups is 1. The van der Waals surface area contributed by atoms with Gasteiger partial charge >= 0.3 is 5.69 Å². The molecule has 0 bridgehead atoms. The van der Waals surface area contributed by atoms with Crippen LogP contribution in [0.25, 0.3) is 0 Å². The van der Waals surface area contributed by atoms with Crippen molar-refractivity contribution in [2.24, 2.45) is 18.0 Å². The smallest absolute Gasteiger partial charge is 0.332 e. The third-order valence-electron chi connectivity index (χ3n) is 5.92. The summed E-state index contributed by atoms with van der Waals surface area (Å²) < 4.78 is 21.0. The topological polar surface area (TPSA) is 95.0 Å². The Hall–Kier alpha value is -3.72. The van der Waals surface area contributed by atoms with Crippen LogP contribution in [0.15, 0.2) is 69.2 Å². The van der Waals surface area contributed by atoms with E-state index in [1.54, 1.807) is 19.2 Å². The second-order valence-electron chi connectivity index (χ2n) is 8.20. The van der Waals surface area contributed by atoms with Gasteiger partial charge < -0.3 is 9.84 Å². The highest BCUT2D eigenvalue weighted by Crippen LogP contribution is 2.28. The molecule has 34 heavy (non-hydrogen) atoms. The second kappa shape index (κ2) is 10.5. The number of aliphatic hydroxyl groups excluding tert-OH is 1. The van der Waals surface area contributed by atoms with Crippen molar-refractivity contribution in [3.63, 3.8) is 0 Å². The molecule has 8 nitrogen and oxygen atoms in total. The Bertz CT molecular complexity index is 1280. The summed E-state index contributed by atoms with van der Waals surface area (Å²) in [6.45, 7) is 0.0208. The van der Waals surface area contributed by atoms with E-state index in [0.717, 1.165) is 10.1 Å². The van der Waals surface area contributed by atoms with E-state index in [1.807, 2.05) is 30.3 Å². The third kappa shape index (κ3) is 4.94. The lowest BCUT2D eigenvalue weighted by molar-refractivity contribution is -0.00623. The summed E-state index contributed by atoms with van der Waals surface area (Å²) in [4.78, 5) is 34.4. The first-order valence-corrected chi connectivity index (χ1v) is 11.1. The predicted octanol–water partition coefficient (Wildman–Crippen LogP) is 3.11. The van der Waals surface area contributed by atoms with Crippen LogP contribution in [-0.2, 0) is 26.4 Å². The molecule has 0 amide bonds. The molecule has 0 fully saturated rings. The molecule has 9 heteroatoms. The van der Waals surface area contributed by atoms with Gasteiger partial charge in [-0.3, -0.25) is 18.9 Å². The van der Waals surface area contributed by atoms with Crippen molar-refractivity contribution in [1.82, 2.24) is 9.13 Å². The Labute approximate surface area is 195 Å². The van der Waals surface area contributed by atoms with Crippen LogP contribution in [0.1, 0.15) is 24.0 Å². The standard InChI is InChI=1S/C25H26FN3O5/c1-28-22-21(24(31)29(25(28)32)14-5-15-30)13-8-18(16-17-6-3-2-4-7-17)23(27-22)33-19-9-11-20(34-26)12-10-19/h2-4,6-7,9-12,18,30H,5,8,13-16H2,1H3. The maximum absolute atomic E-state index is 13.2. The van der Waals surface area contributed by atoms with Crippen molar-refractivity contribution in [2.45, 2.75) is 32.2 Å². The van der Waals surface area contributed by atoms with Crippen molar-refractivity contribution >= 4 is 11.7 Å². The minimum absolute atomic E-state index is 0.0483. The van der Waals surface area contributed by atoms with Crippen LogP contribution < -0.4 is 20.9 Å². The minimum Gasteiger partial charge on any atom is -0.443 e. The minimum atomic E-state index is -0.494. The Morgan fingerprint density at radius 3 is 2.47 bits per heavy atom. The molecule has 1 aromatic heterocycles. The van der Waals surface area contributed by atoms with Crippen molar-refractivity contribution in [3.05, 3.63) is 86.6 Å². The molecule has 0 spiro atoms. The second-order valence-corrected chi connectivity index (χ2v) is 8.20. The van der Waals surface area contributed by atoms with Crippen molar-refractivity contribution in [3.8, 4) is 11.5 Å². The quantitative estimate of drug-likeness (QED) is 0.576. The molecular formula is C25H26FN3O5. The SMILES string of the molecule is Cn1c2c(c(=O)n(CCCO)c1=O)CCC(Cc1ccccc1)C(Oc1ccc(OF)cc1)=N2. The molecule has 1 unspecified atom stereocenters. The van der Waals surface area contributed by atoms with Gasteiger partial charge in [0.25, 0.3) is 5.56 Å². The van der Waals surface area contributed by atoms with Gasteiger partial charge in [-0.05, 0) is 55.5 Å². The monoisotopic (exact) mass is 467 g/mol. The fourth-order valence-electron chi connectivity index (χ4n) is 4.12. The highest BCUT2D eigenvalue weighted by Gasteiger charge is 2.27. The van der Waals surface area contributed by atoms with Gasteiger partial charge in [0.2, 0.25) is 0 Å². The largest absolute Gasteiger partial charge is 0.443 e. The predicted molar refractivity (Wildman–Crippen MR) is 126 cm³/mol. The van der Waals surface area contributed by atoms with E-state index >= 15 is 0 Å². The van der Waals surface area contributed by atoms with E-state index in [1.165, 1.54) is 16.7 Å². The van der Waals surface area contributed by atoms with E-state index in [9.17, 15) is 14.1 Å². The zero-order valence-corrected chi connectivity index (χ0v) is 18.8.